The molecule has 1 aromatic heterocycles. The Labute approximate surface area is 191 Å². The third kappa shape index (κ3) is 6.63. The number of nitriles is 1. The van der Waals surface area contributed by atoms with Crippen LogP contribution in [0.25, 0.3) is 0 Å². The van der Waals surface area contributed by atoms with Crippen LogP contribution in [0.15, 0.2) is 65.1 Å². The largest absolute Gasteiger partial charge is 1.00 e. The second-order valence-corrected chi connectivity index (χ2v) is 7.25. The monoisotopic (exact) mass is 435 g/mol. The van der Waals surface area contributed by atoms with E-state index in [-0.39, 0.29) is 12.4 Å². The third-order valence-electron chi connectivity index (χ3n) is 4.81. The molecule has 0 aliphatic rings. The minimum Gasteiger partial charge on any atom is -1.00 e. The van der Waals surface area contributed by atoms with Crippen LogP contribution >= 0.6 is 0 Å². The molecule has 31 heavy (non-hydrogen) atoms. The zero-order chi connectivity index (χ0) is 22.3. The Morgan fingerprint density at radius 2 is 1.29 bits per heavy atom. The predicted octanol–water partition coefficient (Wildman–Crippen LogP) is 2.74. The van der Waals surface area contributed by atoms with E-state index in [0.717, 1.165) is 23.0 Å². The molecule has 0 atom stereocenters. The van der Waals surface area contributed by atoms with E-state index >= 15 is 0 Å². The molecule has 0 aliphatic carbocycles. The lowest BCUT2D eigenvalue weighted by Crippen LogP contribution is -3.00. The van der Waals surface area contributed by atoms with Gasteiger partial charge in [-0.1, -0.05) is 36.4 Å². The number of imidazole rings is 1. The van der Waals surface area contributed by atoms with Gasteiger partial charge in [0, 0.05) is 20.8 Å². The first-order valence-corrected chi connectivity index (χ1v) is 9.92. The van der Waals surface area contributed by atoms with Crippen LogP contribution in [-0.4, -0.2) is 16.2 Å². The van der Waals surface area contributed by atoms with Crippen molar-refractivity contribution < 1.29 is 17.0 Å². The second kappa shape index (κ2) is 11.8. The normalized spacial score (nSPS) is 11.2. The van der Waals surface area contributed by atoms with E-state index < -0.39 is 0 Å². The van der Waals surface area contributed by atoms with Gasteiger partial charge in [0.1, 0.15) is 18.1 Å². The van der Waals surface area contributed by atoms with Crippen LogP contribution in [0, 0.1) is 39.0 Å². The molecule has 0 saturated carbocycles. The Hall–Kier alpha value is -3.23. The number of halogens is 1. The molecule has 5 nitrogen and oxygen atoms in total. The fourth-order valence-electron chi connectivity index (χ4n) is 3.14. The fraction of sp³-hybridized carbons (Fsp3) is 0.280. The molecule has 6 heteroatoms. The number of benzene rings is 2. The van der Waals surface area contributed by atoms with Crippen LogP contribution in [-0.2, 0) is 0 Å². The summed E-state index contributed by atoms with van der Waals surface area (Å²) in [7, 11) is 0. The first-order valence-electron chi connectivity index (χ1n) is 9.92. The standard InChI is InChI=1S/C23H27N4.C2H3N.ClH/c1-16-9-7-10-17(2)22(16)24-20(5)26-13-14-27(15-26)21(6)25-23-18(3)11-8-12-19(23)4;1-2-3;/h7-15H,1-6H3;1H3;1H/q+1;;/p-1. The first kappa shape index (κ1) is 25.8. The fourth-order valence-corrected chi connectivity index (χ4v) is 3.14. The van der Waals surface area contributed by atoms with Gasteiger partial charge in [0.15, 0.2) is 5.84 Å². The number of para-hydroxylation sites is 2. The second-order valence-electron chi connectivity index (χ2n) is 7.25. The summed E-state index contributed by atoms with van der Waals surface area (Å²) in [5.41, 5.74) is 6.81. The number of hydrogen-bond acceptors (Lipinski definition) is 3. The van der Waals surface area contributed by atoms with Gasteiger partial charge in [0.25, 0.3) is 0 Å². The summed E-state index contributed by atoms with van der Waals surface area (Å²) in [4.78, 5) is 9.68. The summed E-state index contributed by atoms with van der Waals surface area (Å²) in [6, 6.07) is 14.3. The van der Waals surface area contributed by atoms with Gasteiger partial charge in [-0.15, -0.1) is 4.99 Å². The van der Waals surface area contributed by atoms with Gasteiger partial charge in [-0.3, -0.25) is 0 Å². The van der Waals surface area contributed by atoms with E-state index in [1.807, 2.05) is 41.7 Å². The number of aliphatic imine (C=N–C) groups is 2. The maximum Gasteiger partial charge on any atom is 0.240 e. The number of nitrogens with zero attached hydrogens (tertiary/aromatic N) is 5. The van der Waals surface area contributed by atoms with Crippen molar-refractivity contribution in [1.29, 1.82) is 5.26 Å². The Morgan fingerprint density at radius 3 is 1.74 bits per heavy atom. The Morgan fingerprint density at radius 1 is 0.871 bits per heavy atom. The summed E-state index contributed by atoms with van der Waals surface area (Å²) >= 11 is 0. The molecule has 0 fully saturated rings. The van der Waals surface area contributed by atoms with Gasteiger partial charge in [0.2, 0.25) is 12.2 Å². The minimum atomic E-state index is 0. The van der Waals surface area contributed by atoms with Gasteiger partial charge < -0.3 is 12.4 Å². The van der Waals surface area contributed by atoms with Crippen LogP contribution in [0.4, 0.5) is 11.4 Å². The molecule has 0 amide bonds. The lowest BCUT2D eigenvalue weighted by molar-refractivity contribution is -0.555. The molecule has 0 aliphatic heterocycles. The molecular formula is C25H30ClN5. The van der Waals surface area contributed by atoms with Crippen molar-refractivity contribution in [3.63, 3.8) is 0 Å². The van der Waals surface area contributed by atoms with E-state index in [1.165, 1.54) is 29.2 Å². The van der Waals surface area contributed by atoms with E-state index in [4.69, 9.17) is 15.2 Å². The molecule has 0 N–H and O–H groups in total. The summed E-state index contributed by atoms with van der Waals surface area (Å²) < 4.78 is 4.05. The van der Waals surface area contributed by atoms with Gasteiger partial charge in [0.05, 0.1) is 11.8 Å². The SMILES string of the molecule is CC#N.CC(=Nc1c(C)cccc1C)n1cc[n+](C(C)=Nc2c(C)cccc2C)c1.[Cl-]. The van der Waals surface area contributed by atoms with Gasteiger partial charge in [-0.25, -0.2) is 14.1 Å². The molecule has 1 heterocycles. The summed E-state index contributed by atoms with van der Waals surface area (Å²) in [5.74, 6) is 1.84. The molecule has 162 valence electrons. The van der Waals surface area contributed by atoms with Gasteiger partial charge in [-0.2, -0.15) is 5.26 Å². The Kier molecular flexibility index (Phi) is 9.85. The lowest BCUT2D eigenvalue weighted by Gasteiger charge is -2.05. The highest BCUT2D eigenvalue weighted by Gasteiger charge is 2.12. The first-order chi connectivity index (χ1) is 14.3. The van der Waals surface area contributed by atoms with Crippen molar-refractivity contribution in [2.45, 2.75) is 48.5 Å². The highest BCUT2D eigenvalue weighted by molar-refractivity contribution is 5.85. The molecule has 0 unspecified atom stereocenters. The van der Waals surface area contributed by atoms with E-state index in [2.05, 4.69) is 64.1 Å². The van der Waals surface area contributed by atoms with Crippen molar-refractivity contribution in [1.82, 2.24) is 4.57 Å². The molecule has 3 rings (SSSR count). The topological polar surface area (TPSA) is 57.3 Å². The predicted molar refractivity (Wildman–Crippen MR) is 124 cm³/mol. The Balaban J connectivity index is 0.00000113. The molecular weight excluding hydrogens is 406 g/mol. The zero-order valence-electron chi connectivity index (χ0n) is 19.3. The van der Waals surface area contributed by atoms with Crippen LogP contribution < -0.4 is 17.0 Å². The van der Waals surface area contributed by atoms with Crippen molar-refractivity contribution >= 4 is 23.0 Å². The van der Waals surface area contributed by atoms with Crippen molar-refractivity contribution in [2.75, 3.05) is 0 Å². The molecule has 0 saturated heterocycles. The molecule has 0 radical (unpaired) electrons. The maximum absolute atomic E-state index is 7.32. The highest BCUT2D eigenvalue weighted by atomic mass is 35.5. The van der Waals surface area contributed by atoms with E-state index in [1.54, 1.807) is 6.07 Å². The summed E-state index contributed by atoms with van der Waals surface area (Å²) in [6.45, 7) is 13.8. The lowest BCUT2D eigenvalue weighted by atomic mass is 10.1. The molecule has 3 aromatic rings. The van der Waals surface area contributed by atoms with Crippen LogP contribution in [0.2, 0.25) is 0 Å². The summed E-state index contributed by atoms with van der Waals surface area (Å²) in [5, 5.41) is 7.32. The average molecular weight is 436 g/mol. The Bertz CT molecular complexity index is 1010. The summed E-state index contributed by atoms with van der Waals surface area (Å²) in [6.07, 6.45) is 6.03. The van der Waals surface area contributed by atoms with E-state index in [9.17, 15) is 0 Å². The maximum atomic E-state index is 7.32. The van der Waals surface area contributed by atoms with Crippen molar-refractivity contribution in [3.05, 3.63) is 77.4 Å². The minimum absolute atomic E-state index is 0. The number of aryl methyl sites for hydroxylation is 4. The molecule has 0 bridgehead atoms. The van der Waals surface area contributed by atoms with Gasteiger partial charge >= 0.3 is 0 Å². The van der Waals surface area contributed by atoms with Crippen molar-refractivity contribution in [3.8, 4) is 6.07 Å². The highest BCUT2D eigenvalue weighted by Crippen LogP contribution is 2.24. The molecule has 2 aromatic carbocycles. The average Bonchev–Trinajstić information content (AvgIpc) is 3.19. The number of aromatic nitrogens is 2. The van der Waals surface area contributed by atoms with Crippen molar-refractivity contribution in [2.24, 2.45) is 9.98 Å². The third-order valence-corrected chi connectivity index (χ3v) is 4.81. The van der Waals surface area contributed by atoms with Crippen LogP contribution in [0.5, 0.6) is 0 Å². The van der Waals surface area contributed by atoms with Crippen LogP contribution in [0.1, 0.15) is 43.0 Å². The molecule has 0 spiro atoms. The smallest absolute Gasteiger partial charge is 0.240 e. The van der Waals surface area contributed by atoms with E-state index in [0.29, 0.717) is 0 Å². The number of hydrogen-bond donors (Lipinski definition) is 0. The van der Waals surface area contributed by atoms with Crippen LogP contribution in [0.3, 0.4) is 0 Å². The number of rotatable bonds is 2. The van der Waals surface area contributed by atoms with Gasteiger partial charge in [-0.05, 0) is 49.9 Å². The quantitative estimate of drug-likeness (QED) is 0.347. The zero-order valence-corrected chi connectivity index (χ0v) is 20.1.